The molecule has 0 aliphatic heterocycles. The van der Waals surface area contributed by atoms with Crippen LogP contribution < -0.4 is 5.32 Å². The van der Waals surface area contributed by atoms with Crippen LogP contribution in [0.15, 0.2) is 54.6 Å². The highest BCUT2D eigenvalue weighted by Crippen LogP contribution is 2.08. The standard InChI is InChI=1S/C17H20N/c1-4-10-16(11-5-1)12-6-3-9-15-18-17-13-7-2-8-14-17/h1,4-5,7-8,10-11,13-14,18H,3,6,9,12,15H2. The van der Waals surface area contributed by atoms with Crippen molar-refractivity contribution in [2.24, 2.45) is 0 Å². The first-order valence-electron chi connectivity index (χ1n) is 6.69. The summed E-state index contributed by atoms with van der Waals surface area (Å²) in [6, 6.07) is 21.7. The van der Waals surface area contributed by atoms with E-state index in [0.29, 0.717) is 0 Å². The second kappa shape index (κ2) is 7.54. The fourth-order valence-electron chi connectivity index (χ4n) is 2.01. The lowest BCUT2D eigenvalue weighted by atomic mass is 10.1. The van der Waals surface area contributed by atoms with Gasteiger partial charge in [0.05, 0.1) is 0 Å². The van der Waals surface area contributed by atoms with Gasteiger partial charge in [0.2, 0.25) is 0 Å². The predicted octanol–water partition coefficient (Wildman–Crippen LogP) is 4.31. The van der Waals surface area contributed by atoms with E-state index >= 15 is 0 Å². The Morgan fingerprint density at radius 3 is 2.39 bits per heavy atom. The maximum Gasteiger partial charge on any atom is 0.0340 e. The molecule has 0 aliphatic carbocycles. The maximum atomic E-state index is 3.42. The van der Waals surface area contributed by atoms with Crippen LogP contribution in [0.2, 0.25) is 0 Å². The van der Waals surface area contributed by atoms with Gasteiger partial charge in [0.1, 0.15) is 0 Å². The fourth-order valence-corrected chi connectivity index (χ4v) is 2.01. The van der Waals surface area contributed by atoms with Crippen molar-refractivity contribution in [2.75, 3.05) is 11.9 Å². The molecule has 0 aromatic heterocycles. The third kappa shape index (κ3) is 4.62. The van der Waals surface area contributed by atoms with Crippen molar-refractivity contribution >= 4 is 5.69 Å². The summed E-state index contributed by atoms with van der Waals surface area (Å²) in [5.74, 6) is 0. The quantitative estimate of drug-likeness (QED) is 0.709. The van der Waals surface area contributed by atoms with Crippen molar-refractivity contribution in [2.45, 2.75) is 25.7 Å². The molecule has 2 aromatic rings. The van der Waals surface area contributed by atoms with Gasteiger partial charge in [-0.05, 0) is 43.0 Å². The first kappa shape index (κ1) is 12.7. The van der Waals surface area contributed by atoms with Crippen LogP contribution in [0.5, 0.6) is 0 Å². The number of aryl methyl sites for hydroxylation is 1. The molecule has 0 atom stereocenters. The number of nitrogens with one attached hydrogen (secondary N) is 1. The monoisotopic (exact) mass is 238 g/mol. The Balaban J connectivity index is 1.54. The van der Waals surface area contributed by atoms with Gasteiger partial charge in [0, 0.05) is 12.2 Å². The van der Waals surface area contributed by atoms with E-state index < -0.39 is 0 Å². The molecule has 93 valence electrons. The molecule has 0 saturated heterocycles. The minimum absolute atomic E-state index is 1.05. The summed E-state index contributed by atoms with van der Waals surface area (Å²) in [5.41, 5.74) is 2.64. The Labute approximate surface area is 110 Å². The zero-order valence-electron chi connectivity index (χ0n) is 10.7. The molecule has 1 radical (unpaired) electrons. The van der Waals surface area contributed by atoms with Gasteiger partial charge >= 0.3 is 0 Å². The zero-order valence-corrected chi connectivity index (χ0v) is 10.7. The molecule has 1 N–H and O–H groups in total. The molecule has 0 spiro atoms. The first-order chi connectivity index (χ1) is 8.95. The summed E-state index contributed by atoms with van der Waals surface area (Å²) in [6.07, 6.45) is 4.97. The number of hydrogen-bond donors (Lipinski definition) is 1. The third-order valence-electron chi connectivity index (χ3n) is 3.03. The predicted molar refractivity (Wildman–Crippen MR) is 77.8 cm³/mol. The number of benzene rings is 2. The van der Waals surface area contributed by atoms with E-state index in [2.05, 4.69) is 53.8 Å². The zero-order chi connectivity index (χ0) is 12.5. The number of unbranched alkanes of at least 4 members (excludes halogenated alkanes) is 2. The Bertz CT molecular complexity index is 378. The van der Waals surface area contributed by atoms with Crippen LogP contribution in [0.4, 0.5) is 5.69 Å². The van der Waals surface area contributed by atoms with Crippen molar-refractivity contribution in [3.63, 3.8) is 0 Å². The molecular formula is C17H20N. The smallest absolute Gasteiger partial charge is 0.0340 e. The van der Waals surface area contributed by atoms with Crippen molar-refractivity contribution in [3.8, 4) is 0 Å². The Kier molecular flexibility index (Phi) is 5.32. The highest BCUT2D eigenvalue weighted by Gasteiger charge is 1.93. The average Bonchev–Trinajstić information content (AvgIpc) is 2.45. The van der Waals surface area contributed by atoms with Crippen LogP contribution in [-0.4, -0.2) is 6.54 Å². The topological polar surface area (TPSA) is 12.0 Å². The second-order valence-corrected chi connectivity index (χ2v) is 4.51. The van der Waals surface area contributed by atoms with Crippen molar-refractivity contribution < 1.29 is 0 Å². The van der Waals surface area contributed by atoms with Gasteiger partial charge in [-0.2, -0.15) is 0 Å². The van der Waals surface area contributed by atoms with Crippen LogP contribution in [0, 0.1) is 6.07 Å². The summed E-state index contributed by atoms with van der Waals surface area (Å²) in [4.78, 5) is 0. The van der Waals surface area contributed by atoms with Crippen molar-refractivity contribution in [1.82, 2.24) is 0 Å². The molecule has 2 rings (SSSR count). The number of hydrogen-bond acceptors (Lipinski definition) is 1. The maximum absolute atomic E-state index is 3.42. The minimum atomic E-state index is 1.05. The van der Waals surface area contributed by atoms with Gasteiger partial charge in [-0.15, -0.1) is 0 Å². The van der Waals surface area contributed by atoms with Gasteiger partial charge in [0.25, 0.3) is 0 Å². The van der Waals surface area contributed by atoms with Crippen LogP contribution >= 0.6 is 0 Å². The van der Waals surface area contributed by atoms with E-state index in [1.807, 2.05) is 12.1 Å². The second-order valence-electron chi connectivity index (χ2n) is 4.51. The van der Waals surface area contributed by atoms with E-state index in [1.165, 1.54) is 36.9 Å². The fraction of sp³-hybridized carbons (Fsp3) is 0.294. The summed E-state index contributed by atoms with van der Waals surface area (Å²) in [5, 5.41) is 3.42. The molecule has 18 heavy (non-hydrogen) atoms. The summed E-state index contributed by atoms with van der Waals surface area (Å²) < 4.78 is 0. The summed E-state index contributed by atoms with van der Waals surface area (Å²) >= 11 is 0. The minimum Gasteiger partial charge on any atom is -0.385 e. The molecule has 0 heterocycles. The van der Waals surface area contributed by atoms with E-state index in [4.69, 9.17) is 0 Å². The molecule has 0 amide bonds. The molecule has 0 unspecified atom stereocenters. The highest BCUT2D eigenvalue weighted by molar-refractivity contribution is 5.41. The molecule has 0 aliphatic rings. The van der Waals surface area contributed by atoms with Crippen LogP contribution in [0.25, 0.3) is 0 Å². The summed E-state index contributed by atoms with van der Waals surface area (Å²) in [7, 11) is 0. The molecule has 1 nitrogen and oxygen atoms in total. The molecule has 2 aromatic carbocycles. The van der Waals surface area contributed by atoms with Crippen molar-refractivity contribution in [3.05, 3.63) is 66.2 Å². The Hall–Kier alpha value is -1.76. The van der Waals surface area contributed by atoms with Crippen LogP contribution in [0.3, 0.4) is 0 Å². The Morgan fingerprint density at radius 2 is 1.61 bits per heavy atom. The average molecular weight is 238 g/mol. The third-order valence-corrected chi connectivity index (χ3v) is 3.03. The highest BCUT2D eigenvalue weighted by atomic mass is 14.9. The lowest BCUT2D eigenvalue weighted by molar-refractivity contribution is 0.698. The SMILES string of the molecule is [c]1ccc(NCCCCCc2ccccc2)cc1. The van der Waals surface area contributed by atoms with Gasteiger partial charge in [0.15, 0.2) is 0 Å². The van der Waals surface area contributed by atoms with E-state index in [-0.39, 0.29) is 0 Å². The molecule has 0 fully saturated rings. The van der Waals surface area contributed by atoms with Gasteiger partial charge in [-0.1, -0.05) is 48.9 Å². The van der Waals surface area contributed by atoms with Gasteiger partial charge in [-0.25, -0.2) is 0 Å². The van der Waals surface area contributed by atoms with Crippen molar-refractivity contribution in [1.29, 1.82) is 0 Å². The molecular weight excluding hydrogens is 218 g/mol. The Morgan fingerprint density at radius 1 is 0.833 bits per heavy atom. The molecule has 1 heteroatoms. The van der Waals surface area contributed by atoms with Crippen LogP contribution in [0.1, 0.15) is 24.8 Å². The van der Waals surface area contributed by atoms with E-state index in [0.717, 1.165) is 6.54 Å². The number of anilines is 1. The first-order valence-corrected chi connectivity index (χ1v) is 6.69. The van der Waals surface area contributed by atoms with Gasteiger partial charge < -0.3 is 5.32 Å². The normalized spacial score (nSPS) is 10.2. The molecule has 0 bridgehead atoms. The lowest BCUT2D eigenvalue weighted by Gasteiger charge is -2.05. The van der Waals surface area contributed by atoms with E-state index in [9.17, 15) is 0 Å². The largest absolute Gasteiger partial charge is 0.385 e. The van der Waals surface area contributed by atoms with Gasteiger partial charge in [-0.3, -0.25) is 0 Å². The number of rotatable bonds is 7. The summed E-state index contributed by atoms with van der Waals surface area (Å²) in [6.45, 7) is 1.05. The molecule has 0 saturated carbocycles. The van der Waals surface area contributed by atoms with Crippen LogP contribution in [-0.2, 0) is 6.42 Å². The van der Waals surface area contributed by atoms with E-state index in [1.54, 1.807) is 0 Å². The lowest BCUT2D eigenvalue weighted by Crippen LogP contribution is -2.01.